The number of aliphatic carboxylic acids is 1. The third-order valence-electron chi connectivity index (χ3n) is 0.854. The molecule has 0 aliphatic heterocycles. The van der Waals surface area contributed by atoms with E-state index in [2.05, 4.69) is 0 Å². The molecule has 5 heteroatoms. The zero-order chi connectivity index (χ0) is 6.57. The summed E-state index contributed by atoms with van der Waals surface area (Å²) < 4.78 is 0. The largest absolute Gasteiger partial charge is 0.481 e. The van der Waals surface area contributed by atoms with Crippen LogP contribution in [0.3, 0.4) is 0 Å². The van der Waals surface area contributed by atoms with Gasteiger partial charge in [0.05, 0.1) is 12.5 Å². The van der Waals surface area contributed by atoms with Gasteiger partial charge in [0.15, 0.2) is 0 Å². The molecule has 56 valence electrons. The first-order chi connectivity index (χ1) is 3.72. The third kappa shape index (κ3) is 4.20. The molecule has 1 atom stereocenters. The molecule has 0 unspecified atom stereocenters. The average molecular weight is 156 g/mol. The summed E-state index contributed by atoms with van der Waals surface area (Å²) in [7, 11) is 0. The Hall–Kier alpha value is -0.320. The third-order valence-corrected chi connectivity index (χ3v) is 0.854. The Balaban J connectivity index is 0. The fraction of sp³-hybridized carbons (Fsp3) is 0.750. The van der Waals surface area contributed by atoms with Gasteiger partial charge in [0.1, 0.15) is 0 Å². The summed E-state index contributed by atoms with van der Waals surface area (Å²) in [5.41, 5.74) is 4.94. The number of carbonyl (C=O) groups is 1. The van der Waals surface area contributed by atoms with Crippen molar-refractivity contribution in [2.24, 2.45) is 11.7 Å². The summed E-state index contributed by atoms with van der Waals surface area (Å²) in [5, 5.41) is 16.4. The number of hydrogen-bond acceptors (Lipinski definition) is 3. The lowest BCUT2D eigenvalue weighted by Gasteiger charge is -2.01. The maximum Gasteiger partial charge on any atom is 0.310 e. The summed E-state index contributed by atoms with van der Waals surface area (Å²) in [4.78, 5) is 9.92. The van der Waals surface area contributed by atoms with Crippen LogP contribution in [-0.2, 0) is 4.79 Å². The van der Waals surface area contributed by atoms with Gasteiger partial charge in [-0.05, 0) is 0 Å². The van der Waals surface area contributed by atoms with Crippen molar-refractivity contribution >= 4 is 18.4 Å². The van der Waals surface area contributed by atoms with Crippen molar-refractivity contribution in [3.8, 4) is 0 Å². The van der Waals surface area contributed by atoms with E-state index < -0.39 is 11.9 Å². The standard InChI is InChI=1S/C4H9NO3.ClH/c5-1-3(2-6)4(7)8;/h3,6H,1-2,5H2,(H,7,8);1H/t3-;/m0./s1. The van der Waals surface area contributed by atoms with E-state index in [-0.39, 0.29) is 25.6 Å². The second-order valence-corrected chi connectivity index (χ2v) is 1.45. The Labute approximate surface area is 59.1 Å². The molecule has 0 rings (SSSR count). The first-order valence-electron chi connectivity index (χ1n) is 2.26. The Morgan fingerprint density at radius 2 is 2.11 bits per heavy atom. The molecule has 0 amide bonds. The van der Waals surface area contributed by atoms with Crippen LogP contribution in [0.2, 0.25) is 0 Å². The Kier molecular flexibility index (Phi) is 7.41. The molecular formula is C4H10ClNO3. The van der Waals surface area contributed by atoms with Crippen molar-refractivity contribution in [3.05, 3.63) is 0 Å². The zero-order valence-corrected chi connectivity index (χ0v) is 5.60. The molecule has 0 fully saturated rings. The van der Waals surface area contributed by atoms with Gasteiger partial charge in [-0.25, -0.2) is 0 Å². The molecule has 0 aromatic heterocycles. The molecule has 0 heterocycles. The highest BCUT2D eigenvalue weighted by atomic mass is 35.5. The summed E-state index contributed by atoms with van der Waals surface area (Å²) in [5.74, 6) is -1.84. The number of aliphatic hydroxyl groups excluding tert-OH is 1. The minimum absolute atomic E-state index is 0. The van der Waals surface area contributed by atoms with Gasteiger partial charge in [0, 0.05) is 6.54 Å². The van der Waals surface area contributed by atoms with Crippen molar-refractivity contribution in [1.29, 1.82) is 0 Å². The maximum atomic E-state index is 9.92. The smallest absolute Gasteiger partial charge is 0.310 e. The molecule has 0 aromatic carbocycles. The number of carboxylic acid groups (broad SMARTS) is 1. The van der Waals surface area contributed by atoms with Gasteiger partial charge in [0.25, 0.3) is 0 Å². The van der Waals surface area contributed by atoms with Crippen LogP contribution in [0.5, 0.6) is 0 Å². The van der Waals surface area contributed by atoms with Crippen molar-refractivity contribution in [3.63, 3.8) is 0 Å². The quantitative estimate of drug-likeness (QED) is 0.491. The van der Waals surface area contributed by atoms with Crippen LogP contribution in [0.1, 0.15) is 0 Å². The number of rotatable bonds is 3. The van der Waals surface area contributed by atoms with Crippen LogP contribution >= 0.6 is 12.4 Å². The maximum absolute atomic E-state index is 9.92. The minimum Gasteiger partial charge on any atom is -0.481 e. The first-order valence-corrected chi connectivity index (χ1v) is 2.26. The number of carboxylic acids is 1. The fourth-order valence-corrected chi connectivity index (χ4v) is 0.253. The molecule has 0 bridgehead atoms. The lowest BCUT2D eigenvalue weighted by molar-refractivity contribution is -0.142. The molecular weight excluding hydrogens is 146 g/mol. The van der Waals surface area contributed by atoms with Crippen LogP contribution in [0.25, 0.3) is 0 Å². The van der Waals surface area contributed by atoms with Crippen molar-refractivity contribution < 1.29 is 15.0 Å². The van der Waals surface area contributed by atoms with Gasteiger partial charge in [-0.1, -0.05) is 0 Å². The minimum atomic E-state index is -1.05. The van der Waals surface area contributed by atoms with E-state index in [4.69, 9.17) is 15.9 Å². The van der Waals surface area contributed by atoms with E-state index in [1.807, 2.05) is 0 Å². The average Bonchev–Trinajstić information content (AvgIpc) is 1.69. The lowest BCUT2D eigenvalue weighted by Crippen LogP contribution is -2.26. The highest BCUT2D eigenvalue weighted by Crippen LogP contribution is 1.88. The van der Waals surface area contributed by atoms with Gasteiger partial charge in [-0.15, -0.1) is 12.4 Å². The van der Waals surface area contributed by atoms with Crippen LogP contribution < -0.4 is 5.73 Å². The molecule has 0 saturated carbocycles. The Morgan fingerprint density at radius 1 is 1.67 bits per heavy atom. The van der Waals surface area contributed by atoms with E-state index in [1.54, 1.807) is 0 Å². The highest BCUT2D eigenvalue weighted by molar-refractivity contribution is 5.85. The molecule has 0 spiro atoms. The molecule has 9 heavy (non-hydrogen) atoms. The molecule has 0 aromatic rings. The van der Waals surface area contributed by atoms with E-state index in [1.165, 1.54) is 0 Å². The van der Waals surface area contributed by atoms with E-state index in [0.717, 1.165) is 0 Å². The summed E-state index contributed by atoms with van der Waals surface area (Å²) in [6.07, 6.45) is 0. The van der Waals surface area contributed by atoms with Gasteiger partial charge in [-0.3, -0.25) is 4.79 Å². The fourth-order valence-electron chi connectivity index (χ4n) is 0.253. The van der Waals surface area contributed by atoms with Crippen molar-refractivity contribution in [2.45, 2.75) is 0 Å². The SMILES string of the molecule is Cl.NC[C@@H](CO)C(=O)O. The zero-order valence-electron chi connectivity index (χ0n) is 4.78. The molecule has 4 N–H and O–H groups in total. The predicted molar refractivity (Wildman–Crippen MR) is 34.5 cm³/mol. The van der Waals surface area contributed by atoms with Crippen LogP contribution in [0, 0.1) is 5.92 Å². The first kappa shape index (κ1) is 11.5. The van der Waals surface area contributed by atoms with Crippen molar-refractivity contribution in [1.82, 2.24) is 0 Å². The van der Waals surface area contributed by atoms with Gasteiger partial charge in [0.2, 0.25) is 0 Å². The Morgan fingerprint density at radius 3 is 2.11 bits per heavy atom. The molecule has 0 saturated heterocycles. The molecule has 0 radical (unpaired) electrons. The number of hydrogen-bond donors (Lipinski definition) is 3. The monoisotopic (exact) mass is 155 g/mol. The van der Waals surface area contributed by atoms with Crippen LogP contribution in [-0.4, -0.2) is 29.3 Å². The van der Waals surface area contributed by atoms with Gasteiger partial charge in [-0.2, -0.15) is 0 Å². The van der Waals surface area contributed by atoms with E-state index >= 15 is 0 Å². The molecule has 0 aliphatic rings. The second kappa shape index (κ2) is 5.81. The molecule has 0 aliphatic carbocycles. The van der Waals surface area contributed by atoms with E-state index in [9.17, 15) is 4.79 Å². The van der Waals surface area contributed by atoms with Gasteiger partial charge >= 0.3 is 5.97 Å². The highest BCUT2D eigenvalue weighted by Gasteiger charge is 2.12. The Bertz CT molecular complexity index is 83.9. The molecule has 4 nitrogen and oxygen atoms in total. The predicted octanol–water partition coefficient (Wildman–Crippen LogP) is -0.940. The van der Waals surface area contributed by atoms with Crippen LogP contribution in [0.15, 0.2) is 0 Å². The summed E-state index contributed by atoms with van der Waals surface area (Å²) in [6.45, 7) is -0.391. The topological polar surface area (TPSA) is 83.5 Å². The van der Waals surface area contributed by atoms with Crippen LogP contribution in [0.4, 0.5) is 0 Å². The normalized spacial score (nSPS) is 11.8. The van der Waals surface area contributed by atoms with Crippen molar-refractivity contribution in [2.75, 3.05) is 13.2 Å². The number of nitrogens with two attached hydrogens (primary N) is 1. The lowest BCUT2D eigenvalue weighted by atomic mass is 10.2. The number of halogens is 1. The second-order valence-electron chi connectivity index (χ2n) is 1.45. The number of aliphatic hydroxyl groups is 1. The van der Waals surface area contributed by atoms with E-state index in [0.29, 0.717) is 0 Å². The summed E-state index contributed by atoms with van der Waals surface area (Å²) >= 11 is 0. The van der Waals surface area contributed by atoms with Gasteiger partial charge < -0.3 is 15.9 Å². The summed E-state index contributed by atoms with van der Waals surface area (Å²) in [6, 6.07) is 0.